The van der Waals surface area contributed by atoms with Gasteiger partial charge in [0.1, 0.15) is 25.9 Å². The molecule has 1 aromatic heterocycles. The summed E-state index contributed by atoms with van der Waals surface area (Å²) >= 11 is 1.24. The number of halogens is 1. The quantitative estimate of drug-likeness (QED) is 0.0114. The summed E-state index contributed by atoms with van der Waals surface area (Å²) in [5.74, 6) is -1.01. The predicted molar refractivity (Wildman–Crippen MR) is 240 cm³/mol. The molecule has 0 aliphatic rings. The van der Waals surface area contributed by atoms with Crippen LogP contribution in [0.3, 0.4) is 0 Å². The van der Waals surface area contributed by atoms with Crippen molar-refractivity contribution in [1.29, 1.82) is 0 Å². The van der Waals surface area contributed by atoms with Crippen molar-refractivity contribution in [3.05, 3.63) is 109 Å². The first kappa shape index (κ1) is 72.1. The van der Waals surface area contributed by atoms with Gasteiger partial charge in [0.2, 0.25) is 11.9 Å². The van der Waals surface area contributed by atoms with Crippen LogP contribution in [0, 0.1) is 13.0 Å². The number of aromatic nitrogens is 3. The Morgan fingerprint density at radius 2 is 1.05 bits per heavy atom. The minimum absolute atomic E-state index is 0. The molecule has 1 heterocycles. The molecular weight excluding hydrogens is 1200 g/mol. The zero-order valence-corrected chi connectivity index (χ0v) is 55.4. The van der Waals surface area contributed by atoms with Crippen molar-refractivity contribution in [2.24, 2.45) is 20.5 Å². The van der Waals surface area contributed by atoms with Gasteiger partial charge in [0, 0.05) is 42.7 Å². The molecule has 39 heteroatoms. The number of nitrogens with one attached hydrogen (secondary N) is 2. The van der Waals surface area contributed by atoms with Crippen LogP contribution in [0.4, 0.5) is 50.4 Å². The third kappa shape index (κ3) is 20.1. The van der Waals surface area contributed by atoms with E-state index in [-0.39, 0.29) is 222 Å². The molecule has 0 atom stereocenters. The molecule has 0 unspecified atom stereocenters. The monoisotopic (exact) mass is 1220 g/mol. The zero-order valence-electron chi connectivity index (χ0n) is 40.5. The van der Waals surface area contributed by atoms with Crippen LogP contribution in [0.1, 0.15) is 5.56 Å². The minimum atomic E-state index is -5.26. The molecule has 77 heavy (non-hydrogen) atoms. The van der Waals surface area contributed by atoms with E-state index in [1.165, 1.54) is 66.7 Å². The molecule has 0 amide bonds. The zero-order chi connectivity index (χ0) is 51.6. The van der Waals surface area contributed by atoms with E-state index in [0.717, 1.165) is 6.92 Å². The number of hydrogen-bond acceptors (Lipinski definition) is 30. The summed E-state index contributed by atoms with van der Waals surface area (Å²) in [5.41, 5.74) is -0.112. The molecule has 0 fully saturated rings. The maximum Gasteiger partial charge on any atom is 1.00 e. The van der Waals surface area contributed by atoms with Crippen molar-refractivity contribution < 1.29 is 235 Å². The Bertz CT molecular complexity index is 3580. The smallest absolute Gasteiger partial charge is 0.744 e. The molecule has 0 bridgehead atoms. The Morgan fingerprint density at radius 3 is 1.60 bits per heavy atom. The molecule has 27 nitrogen and oxygen atoms in total. The summed E-state index contributed by atoms with van der Waals surface area (Å²) in [7, 11) is -14.2. The van der Waals surface area contributed by atoms with Crippen molar-refractivity contribution in [3.8, 4) is 0 Å². The summed E-state index contributed by atoms with van der Waals surface area (Å²) < 4.78 is 130. The van der Waals surface area contributed by atoms with Crippen LogP contribution in [0.5, 0.6) is 0 Å². The molecule has 7 rings (SSSR count). The van der Waals surface area contributed by atoms with E-state index < -0.39 is 57.4 Å². The fourth-order valence-electron chi connectivity index (χ4n) is 6.39. The van der Waals surface area contributed by atoms with Gasteiger partial charge in [-0.2, -0.15) is 28.0 Å². The molecule has 0 aliphatic heterocycles. The number of sulfone groups is 1. The van der Waals surface area contributed by atoms with Crippen LogP contribution in [-0.4, -0.2) is 61.7 Å². The first-order valence-electron chi connectivity index (χ1n) is 19.2. The van der Waals surface area contributed by atoms with Gasteiger partial charge in [-0.05, 0) is 97.4 Å². The summed E-state index contributed by atoms with van der Waals surface area (Å²) in [6, 6.07) is 21.6. The van der Waals surface area contributed by atoms with Gasteiger partial charge in [-0.15, -0.1) is 24.8 Å². The van der Waals surface area contributed by atoms with Crippen LogP contribution in [0.15, 0.2) is 142 Å². The molecular formula is C38H25FN9Na5O18S6. The first-order valence-corrected chi connectivity index (χ1v) is 25.8. The van der Waals surface area contributed by atoms with Crippen molar-refractivity contribution >= 4 is 134 Å². The standard InChI is InChI=1S/C38H30FN9O18S6.5Na/c1-20-16-35(72(57,58)59)33(19-34(20)71(54,55)56)48-47-32-13-12-30(26-9-5-23(18-28(26)32)68-65-62-50)45-46-31-11-10-29(25-8-4-22(17-27(25)31)67-64-61-49)41-38-43-36(39)42-37(44-38)40-21-2-6-24(7-3-21)70(52,53)15-14-60-69-66-63-51;;;;;/h2-13,16-19,49-51H,14-15H2,1H3,(H,54,55,56)(H,57,58,59)(H2,40,41,42,43,44);;;;;/q;5*+1/p-5. The number of nitrogens with zero attached hydrogens (tertiary/aromatic N) is 7. The second-order valence-corrected chi connectivity index (χ2v) is 20.7. The van der Waals surface area contributed by atoms with E-state index in [9.17, 15) is 54.5 Å². The minimum Gasteiger partial charge on any atom is -0.744 e. The Hall–Kier alpha value is -1.000. The second-order valence-electron chi connectivity index (χ2n) is 13.9. The van der Waals surface area contributed by atoms with Crippen LogP contribution in [-0.2, 0) is 62.4 Å². The number of rotatable bonds is 23. The Kier molecular flexibility index (Phi) is 31.2. The molecule has 0 spiro atoms. The van der Waals surface area contributed by atoms with Crippen molar-refractivity contribution in [1.82, 2.24) is 15.0 Å². The Labute approximate surface area is 559 Å². The number of fused-ring (bicyclic) bond motifs is 2. The maximum atomic E-state index is 14.9. The predicted octanol–water partition coefficient (Wildman–Crippen LogP) is -9.19. The van der Waals surface area contributed by atoms with E-state index in [2.05, 4.69) is 74.2 Å². The van der Waals surface area contributed by atoms with E-state index in [1.807, 2.05) is 0 Å². The van der Waals surface area contributed by atoms with E-state index in [4.69, 9.17) is 4.18 Å². The molecule has 0 saturated heterocycles. The van der Waals surface area contributed by atoms with Gasteiger partial charge in [-0.3, -0.25) is 19.3 Å². The van der Waals surface area contributed by atoms with Crippen molar-refractivity contribution in [3.63, 3.8) is 0 Å². The maximum absolute atomic E-state index is 14.9. The van der Waals surface area contributed by atoms with Gasteiger partial charge in [0.15, 0.2) is 22.2 Å². The molecule has 378 valence electrons. The summed E-state index contributed by atoms with van der Waals surface area (Å²) in [4.78, 5) is 10.4. The van der Waals surface area contributed by atoms with Gasteiger partial charge < -0.3 is 35.5 Å². The molecule has 6 aromatic carbocycles. The fourth-order valence-corrected chi connectivity index (χ4v) is 9.97. The largest absolute Gasteiger partial charge is 1.00 e. The topological polar surface area (TPSA) is 394 Å². The molecule has 7 aromatic rings. The van der Waals surface area contributed by atoms with E-state index in [1.54, 1.807) is 18.2 Å². The van der Waals surface area contributed by atoms with Crippen LogP contribution >= 0.6 is 36.4 Å². The fraction of sp³-hybridized carbons (Fsp3) is 0.0789. The summed E-state index contributed by atoms with van der Waals surface area (Å²) in [6.07, 6.45) is -1.20. The molecule has 0 saturated carbocycles. The van der Waals surface area contributed by atoms with Crippen molar-refractivity contribution in [2.45, 2.75) is 31.4 Å². The second kappa shape index (κ2) is 33.3. The summed E-state index contributed by atoms with van der Waals surface area (Å²) in [5, 5.41) is 65.0. The third-order valence-electron chi connectivity index (χ3n) is 9.41. The van der Waals surface area contributed by atoms with Crippen LogP contribution < -0.4 is 174 Å². The number of azo groups is 2. The number of benzene rings is 6. The van der Waals surface area contributed by atoms with Crippen molar-refractivity contribution in [2.75, 3.05) is 23.0 Å². The van der Waals surface area contributed by atoms with Gasteiger partial charge in [-0.1, -0.05) is 12.1 Å². The van der Waals surface area contributed by atoms with Gasteiger partial charge >= 0.3 is 154 Å². The van der Waals surface area contributed by atoms with Crippen LogP contribution in [0.2, 0.25) is 0 Å². The molecule has 2 N–H and O–H groups in total. The Morgan fingerprint density at radius 1 is 0.558 bits per heavy atom. The molecule has 0 aliphatic carbocycles. The average Bonchev–Trinajstić information content (AvgIpc) is 3.33. The summed E-state index contributed by atoms with van der Waals surface area (Å²) in [6.45, 7) is 0.789. The van der Waals surface area contributed by atoms with E-state index >= 15 is 0 Å². The number of anilines is 4. The number of hydrogen-bond donors (Lipinski definition) is 2. The average molecular weight is 1220 g/mol. The SMILES string of the molecule is Cc1cc(S(=O)(=O)[O-])c(N=Nc2ccc(N=Nc3ccc(Nc4nc(F)nc(Nc5ccc(S(=O)(=O)CCOSOO[O-])cc5)n4)c4ccc(SOO[O-])cc34)c3ccc(SOO[O-])cc23)cc1S(=O)(=O)[O-].[Na+].[Na+].[Na+].[Na+].[Na+]. The number of aryl methyl sites for hydroxylation is 1. The normalized spacial score (nSPS) is 11.6. The van der Waals surface area contributed by atoms with Gasteiger partial charge in [0.25, 0.3) is 0 Å². The van der Waals surface area contributed by atoms with Crippen LogP contribution in [0.25, 0.3) is 21.5 Å². The third-order valence-corrected chi connectivity index (χ3v) is 14.5. The van der Waals surface area contributed by atoms with Gasteiger partial charge in [0.05, 0.1) is 68.2 Å². The Balaban J connectivity index is 0.00000406. The first-order chi connectivity index (χ1) is 34.4. The molecule has 0 radical (unpaired) electrons. The van der Waals surface area contributed by atoms with E-state index in [0.29, 0.717) is 63.0 Å². The van der Waals surface area contributed by atoms with Gasteiger partial charge in [-0.25, -0.2) is 25.3 Å².